The van der Waals surface area contributed by atoms with E-state index in [4.69, 9.17) is 0 Å². The summed E-state index contributed by atoms with van der Waals surface area (Å²) in [4.78, 5) is 12.0. The number of halogens is 3. The molecule has 2 nitrogen and oxygen atoms in total. The van der Waals surface area contributed by atoms with Crippen molar-refractivity contribution in [1.29, 1.82) is 0 Å². The van der Waals surface area contributed by atoms with E-state index in [9.17, 15) is 13.6 Å². The van der Waals surface area contributed by atoms with Gasteiger partial charge in [0.1, 0.15) is 11.6 Å². The Morgan fingerprint density at radius 2 is 1.95 bits per heavy atom. The third-order valence-electron chi connectivity index (χ3n) is 2.86. The molecule has 1 unspecified atom stereocenters. The van der Waals surface area contributed by atoms with E-state index in [2.05, 4.69) is 21.2 Å². The number of rotatable bonds is 3. The van der Waals surface area contributed by atoms with E-state index in [1.807, 2.05) is 0 Å². The standard InChI is InChI=1S/C15H12BrF2NO/c1-9(13-8-12(17)5-6-14(13)18)19-15(20)10-3-2-4-11(16)7-10/h2-9H,1H3,(H,19,20). The molecule has 1 N–H and O–H groups in total. The fraction of sp³-hybridized carbons (Fsp3) is 0.133. The monoisotopic (exact) mass is 339 g/mol. The predicted molar refractivity (Wildman–Crippen MR) is 76.4 cm³/mol. The van der Waals surface area contributed by atoms with Gasteiger partial charge < -0.3 is 5.32 Å². The van der Waals surface area contributed by atoms with E-state index >= 15 is 0 Å². The average Bonchev–Trinajstić information content (AvgIpc) is 2.41. The van der Waals surface area contributed by atoms with Gasteiger partial charge in [-0.15, -0.1) is 0 Å². The highest BCUT2D eigenvalue weighted by Gasteiger charge is 2.15. The molecule has 0 saturated heterocycles. The maximum Gasteiger partial charge on any atom is 0.251 e. The lowest BCUT2D eigenvalue weighted by atomic mass is 10.1. The lowest BCUT2D eigenvalue weighted by molar-refractivity contribution is 0.0939. The van der Waals surface area contributed by atoms with Gasteiger partial charge in [0.05, 0.1) is 6.04 Å². The molecular formula is C15H12BrF2NO. The van der Waals surface area contributed by atoms with Crippen molar-refractivity contribution < 1.29 is 13.6 Å². The van der Waals surface area contributed by atoms with Crippen molar-refractivity contribution in [1.82, 2.24) is 5.32 Å². The first kappa shape index (κ1) is 14.7. The zero-order valence-corrected chi connectivity index (χ0v) is 12.2. The SMILES string of the molecule is CC(NC(=O)c1cccc(Br)c1)c1cc(F)ccc1F. The van der Waals surface area contributed by atoms with Gasteiger partial charge in [-0.25, -0.2) is 8.78 Å². The van der Waals surface area contributed by atoms with Gasteiger partial charge in [-0.1, -0.05) is 22.0 Å². The maximum atomic E-state index is 13.6. The molecule has 0 spiro atoms. The number of nitrogens with one attached hydrogen (secondary N) is 1. The molecular weight excluding hydrogens is 328 g/mol. The van der Waals surface area contributed by atoms with Crippen LogP contribution in [0.4, 0.5) is 8.78 Å². The Balaban J connectivity index is 2.17. The van der Waals surface area contributed by atoms with Gasteiger partial charge in [-0.3, -0.25) is 4.79 Å². The number of carbonyl (C=O) groups is 1. The Kier molecular flexibility index (Phi) is 4.49. The number of hydrogen-bond acceptors (Lipinski definition) is 1. The maximum absolute atomic E-state index is 13.6. The third-order valence-corrected chi connectivity index (χ3v) is 3.35. The largest absolute Gasteiger partial charge is 0.345 e. The zero-order chi connectivity index (χ0) is 14.7. The molecule has 0 aliphatic carbocycles. The molecule has 20 heavy (non-hydrogen) atoms. The van der Waals surface area contributed by atoms with Crippen LogP contribution in [0.5, 0.6) is 0 Å². The van der Waals surface area contributed by atoms with E-state index in [0.717, 1.165) is 22.7 Å². The quantitative estimate of drug-likeness (QED) is 0.891. The predicted octanol–water partition coefficient (Wildman–Crippen LogP) is 4.22. The lowest BCUT2D eigenvalue weighted by Gasteiger charge is -2.15. The minimum atomic E-state index is -0.628. The molecule has 2 aromatic carbocycles. The zero-order valence-electron chi connectivity index (χ0n) is 10.7. The highest BCUT2D eigenvalue weighted by Crippen LogP contribution is 2.19. The Hall–Kier alpha value is -1.75. The van der Waals surface area contributed by atoms with Gasteiger partial charge in [0.15, 0.2) is 0 Å². The van der Waals surface area contributed by atoms with E-state index in [1.165, 1.54) is 0 Å². The molecule has 0 radical (unpaired) electrons. The summed E-state index contributed by atoms with van der Waals surface area (Å²) in [6.07, 6.45) is 0. The molecule has 0 heterocycles. The van der Waals surface area contributed by atoms with Gasteiger partial charge in [0.25, 0.3) is 5.91 Å². The summed E-state index contributed by atoms with van der Waals surface area (Å²) in [6.45, 7) is 1.60. The summed E-state index contributed by atoms with van der Waals surface area (Å²) in [7, 11) is 0. The van der Waals surface area contributed by atoms with Crippen LogP contribution in [0.3, 0.4) is 0 Å². The molecule has 1 amide bonds. The fourth-order valence-electron chi connectivity index (χ4n) is 1.83. The Morgan fingerprint density at radius 1 is 1.20 bits per heavy atom. The number of hydrogen-bond donors (Lipinski definition) is 1. The normalized spacial score (nSPS) is 12.0. The second kappa shape index (κ2) is 6.13. The second-order valence-electron chi connectivity index (χ2n) is 4.37. The Bertz CT molecular complexity index is 646. The summed E-state index contributed by atoms with van der Waals surface area (Å²) in [5, 5.41) is 2.64. The molecule has 2 rings (SSSR count). The first-order valence-electron chi connectivity index (χ1n) is 5.99. The topological polar surface area (TPSA) is 29.1 Å². The van der Waals surface area contributed by atoms with Gasteiger partial charge in [0.2, 0.25) is 0 Å². The van der Waals surface area contributed by atoms with E-state index in [0.29, 0.717) is 5.56 Å². The molecule has 0 aromatic heterocycles. The highest BCUT2D eigenvalue weighted by atomic mass is 79.9. The lowest BCUT2D eigenvalue weighted by Crippen LogP contribution is -2.27. The molecule has 0 saturated carbocycles. The molecule has 5 heteroatoms. The molecule has 0 bridgehead atoms. The Labute approximate surface area is 123 Å². The van der Waals surface area contributed by atoms with Crippen LogP contribution in [0.15, 0.2) is 46.9 Å². The number of benzene rings is 2. The molecule has 1 atom stereocenters. The van der Waals surface area contributed by atoms with Crippen molar-refractivity contribution in [3.8, 4) is 0 Å². The van der Waals surface area contributed by atoms with Crippen LogP contribution in [0, 0.1) is 11.6 Å². The average molecular weight is 340 g/mol. The molecule has 0 aliphatic rings. The third kappa shape index (κ3) is 3.42. The Morgan fingerprint density at radius 3 is 2.65 bits per heavy atom. The van der Waals surface area contributed by atoms with Crippen LogP contribution in [-0.4, -0.2) is 5.91 Å². The summed E-state index contributed by atoms with van der Waals surface area (Å²) < 4.78 is 27.5. The molecule has 0 aliphatic heterocycles. The van der Waals surface area contributed by atoms with Crippen molar-refractivity contribution in [2.24, 2.45) is 0 Å². The first-order valence-corrected chi connectivity index (χ1v) is 6.78. The summed E-state index contributed by atoms with van der Waals surface area (Å²) in [6, 6.07) is 9.38. The van der Waals surface area contributed by atoms with Crippen LogP contribution in [-0.2, 0) is 0 Å². The van der Waals surface area contributed by atoms with Crippen LogP contribution in [0.1, 0.15) is 28.9 Å². The van der Waals surface area contributed by atoms with Gasteiger partial charge in [-0.2, -0.15) is 0 Å². The van der Waals surface area contributed by atoms with Gasteiger partial charge >= 0.3 is 0 Å². The molecule has 104 valence electrons. The minimum Gasteiger partial charge on any atom is -0.345 e. The van der Waals surface area contributed by atoms with Gasteiger partial charge in [-0.05, 0) is 43.3 Å². The second-order valence-corrected chi connectivity index (χ2v) is 5.29. The fourth-order valence-corrected chi connectivity index (χ4v) is 2.23. The number of carbonyl (C=O) groups excluding carboxylic acids is 1. The summed E-state index contributed by atoms with van der Waals surface area (Å²) in [5.41, 5.74) is 0.566. The van der Waals surface area contributed by atoms with Crippen molar-refractivity contribution in [2.75, 3.05) is 0 Å². The van der Waals surface area contributed by atoms with Crippen molar-refractivity contribution in [3.05, 3.63) is 69.7 Å². The van der Waals surface area contributed by atoms with Crippen LogP contribution < -0.4 is 5.32 Å². The van der Waals surface area contributed by atoms with Crippen LogP contribution in [0.2, 0.25) is 0 Å². The number of amides is 1. The molecule has 2 aromatic rings. The summed E-state index contributed by atoms with van der Waals surface area (Å²) >= 11 is 3.27. The first-order chi connectivity index (χ1) is 9.47. The minimum absolute atomic E-state index is 0.119. The van der Waals surface area contributed by atoms with E-state index in [1.54, 1.807) is 31.2 Å². The van der Waals surface area contributed by atoms with Crippen molar-refractivity contribution in [2.45, 2.75) is 13.0 Å². The highest BCUT2D eigenvalue weighted by molar-refractivity contribution is 9.10. The van der Waals surface area contributed by atoms with Gasteiger partial charge in [0, 0.05) is 15.6 Å². The van der Waals surface area contributed by atoms with Crippen molar-refractivity contribution >= 4 is 21.8 Å². The smallest absolute Gasteiger partial charge is 0.251 e. The molecule has 0 fully saturated rings. The van der Waals surface area contributed by atoms with Crippen molar-refractivity contribution in [3.63, 3.8) is 0 Å². The van der Waals surface area contributed by atoms with E-state index < -0.39 is 17.7 Å². The van der Waals surface area contributed by atoms with Crippen LogP contribution >= 0.6 is 15.9 Å². The van der Waals surface area contributed by atoms with E-state index in [-0.39, 0.29) is 11.5 Å². The van der Waals surface area contributed by atoms with Crippen LogP contribution in [0.25, 0.3) is 0 Å². The summed E-state index contributed by atoms with van der Waals surface area (Å²) in [5.74, 6) is -1.43.